The summed E-state index contributed by atoms with van der Waals surface area (Å²) in [5.41, 5.74) is 0. The van der Waals surface area contributed by atoms with Crippen LogP contribution in [0.5, 0.6) is 11.5 Å². The summed E-state index contributed by atoms with van der Waals surface area (Å²) < 4.78 is 11.2. The molecule has 1 saturated carbocycles. The molecule has 15 heavy (non-hydrogen) atoms. The lowest BCUT2D eigenvalue weighted by atomic mass is 10.3. The predicted octanol–water partition coefficient (Wildman–Crippen LogP) is 3.31. The lowest BCUT2D eigenvalue weighted by molar-refractivity contribution is 0.200. The lowest BCUT2D eigenvalue weighted by Crippen LogP contribution is -2.11. The molecule has 0 radical (unpaired) electrons. The molecule has 82 valence electrons. The van der Waals surface area contributed by atoms with Gasteiger partial charge in [0.05, 0.1) is 13.2 Å². The summed E-state index contributed by atoms with van der Waals surface area (Å²) in [4.78, 5) is 0.906. The number of hydrogen-bond acceptors (Lipinski definition) is 3. The first-order valence-corrected chi connectivity index (χ1v) is 5.78. The number of rotatable bonds is 3. The van der Waals surface area contributed by atoms with E-state index in [1.165, 1.54) is 12.8 Å². The first-order valence-electron chi connectivity index (χ1n) is 5.33. The smallest absolute Gasteiger partial charge is 0.162 e. The molecule has 0 bridgehead atoms. The molecule has 1 aromatic rings. The predicted molar refractivity (Wildman–Crippen MR) is 63.1 cm³/mol. The quantitative estimate of drug-likeness (QED) is 0.794. The molecule has 1 aliphatic carbocycles. The average Bonchev–Trinajstić information content (AvgIpc) is 2.71. The molecule has 3 heteroatoms. The van der Waals surface area contributed by atoms with E-state index in [1.54, 1.807) is 7.11 Å². The highest BCUT2D eigenvalue weighted by atomic mass is 32.1. The molecule has 1 aliphatic rings. The van der Waals surface area contributed by atoms with Gasteiger partial charge in [-0.1, -0.05) is 0 Å². The van der Waals surface area contributed by atoms with Crippen molar-refractivity contribution in [1.29, 1.82) is 0 Å². The molecule has 0 atom stereocenters. The Hall–Kier alpha value is -0.830. The molecule has 2 nitrogen and oxygen atoms in total. The highest BCUT2D eigenvalue weighted by molar-refractivity contribution is 7.80. The van der Waals surface area contributed by atoms with E-state index in [2.05, 4.69) is 12.6 Å². The van der Waals surface area contributed by atoms with Crippen LogP contribution in [0.1, 0.15) is 25.7 Å². The van der Waals surface area contributed by atoms with Crippen molar-refractivity contribution in [1.82, 2.24) is 0 Å². The summed E-state index contributed by atoms with van der Waals surface area (Å²) in [5, 5.41) is 0. The minimum atomic E-state index is 0.356. The number of thiol groups is 1. The fourth-order valence-electron chi connectivity index (χ4n) is 1.94. The van der Waals surface area contributed by atoms with E-state index in [0.717, 1.165) is 29.2 Å². The number of benzene rings is 1. The van der Waals surface area contributed by atoms with Crippen molar-refractivity contribution in [3.63, 3.8) is 0 Å². The van der Waals surface area contributed by atoms with Crippen molar-refractivity contribution in [2.24, 2.45) is 0 Å². The first-order chi connectivity index (χ1) is 7.29. The Morgan fingerprint density at radius 2 is 1.93 bits per heavy atom. The fourth-order valence-corrected chi connectivity index (χ4v) is 2.14. The van der Waals surface area contributed by atoms with Gasteiger partial charge < -0.3 is 9.47 Å². The zero-order valence-electron chi connectivity index (χ0n) is 8.90. The Bertz CT molecular complexity index is 332. The summed E-state index contributed by atoms with van der Waals surface area (Å²) >= 11 is 4.30. The Labute approximate surface area is 96.0 Å². The van der Waals surface area contributed by atoms with Crippen molar-refractivity contribution < 1.29 is 9.47 Å². The number of methoxy groups -OCH3 is 1. The van der Waals surface area contributed by atoms with E-state index in [4.69, 9.17) is 9.47 Å². The lowest BCUT2D eigenvalue weighted by Gasteiger charge is -2.15. The van der Waals surface area contributed by atoms with Crippen LogP contribution in [0, 0.1) is 0 Å². The SMILES string of the molecule is COc1ccc(S)cc1OC1CCCC1. The van der Waals surface area contributed by atoms with Crippen molar-refractivity contribution in [3.8, 4) is 11.5 Å². The van der Waals surface area contributed by atoms with Crippen LogP contribution in [0.15, 0.2) is 23.1 Å². The minimum Gasteiger partial charge on any atom is -0.493 e. The second-order valence-electron chi connectivity index (χ2n) is 3.86. The van der Waals surface area contributed by atoms with Crippen molar-refractivity contribution in [3.05, 3.63) is 18.2 Å². The maximum absolute atomic E-state index is 5.90. The second-order valence-corrected chi connectivity index (χ2v) is 4.38. The average molecular weight is 224 g/mol. The molecule has 0 aliphatic heterocycles. The highest BCUT2D eigenvalue weighted by Crippen LogP contribution is 2.33. The van der Waals surface area contributed by atoms with Gasteiger partial charge in [-0.05, 0) is 43.9 Å². The molecule has 0 amide bonds. The topological polar surface area (TPSA) is 18.5 Å². The van der Waals surface area contributed by atoms with Gasteiger partial charge >= 0.3 is 0 Å². The van der Waals surface area contributed by atoms with Crippen molar-refractivity contribution in [2.45, 2.75) is 36.7 Å². The van der Waals surface area contributed by atoms with Crippen LogP contribution in [0.3, 0.4) is 0 Å². The van der Waals surface area contributed by atoms with Crippen LogP contribution in [-0.4, -0.2) is 13.2 Å². The number of hydrogen-bond donors (Lipinski definition) is 1. The van der Waals surface area contributed by atoms with Crippen LogP contribution < -0.4 is 9.47 Å². The van der Waals surface area contributed by atoms with E-state index in [-0.39, 0.29) is 0 Å². The second kappa shape index (κ2) is 4.79. The van der Waals surface area contributed by atoms with Gasteiger partial charge in [0.1, 0.15) is 0 Å². The maximum atomic E-state index is 5.90. The van der Waals surface area contributed by atoms with Gasteiger partial charge in [-0.2, -0.15) is 0 Å². The minimum absolute atomic E-state index is 0.356. The van der Waals surface area contributed by atoms with Crippen LogP contribution >= 0.6 is 12.6 Å². The molecule has 0 saturated heterocycles. The highest BCUT2D eigenvalue weighted by Gasteiger charge is 2.18. The van der Waals surface area contributed by atoms with Gasteiger partial charge in [0.25, 0.3) is 0 Å². The van der Waals surface area contributed by atoms with E-state index >= 15 is 0 Å². The molecule has 1 aromatic carbocycles. The van der Waals surface area contributed by atoms with Crippen LogP contribution in [-0.2, 0) is 0 Å². The molecule has 2 rings (SSSR count). The van der Waals surface area contributed by atoms with Gasteiger partial charge in [-0.15, -0.1) is 12.6 Å². The van der Waals surface area contributed by atoms with Gasteiger partial charge in [0, 0.05) is 4.90 Å². The van der Waals surface area contributed by atoms with Crippen LogP contribution in [0.2, 0.25) is 0 Å². The Morgan fingerprint density at radius 1 is 1.20 bits per heavy atom. The third kappa shape index (κ3) is 2.59. The van der Waals surface area contributed by atoms with Crippen LogP contribution in [0.4, 0.5) is 0 Å². The van der Waals surface area contributed by atoms with Gasteiger partial charge in [0.15, 0.2) is 11.5 Å². The summed E-state index contributed by atoms with van der Waals surface area (Å²) in [5.74, 6) is 1.61. The normalized spacial score (nSPS) is 16.7. The van der Waals surface area contributed by atoms with E-state index < -0.39 is 0 Å². The summed E-state index contributed by atoms with van der Waals surface area (Å²) in [7, 11) is 1.66. The van der Waals surface area contributed by atoms with E-state index in [1.807, 2.05) is 18.2 Å². The molecule has 1 fully saturated rings. The molecule has 0 spiro atoms. The fraction of sp³-hybridized carbons (Fsp3) is 0.500. The van der Waals surface area contributed by atoms with E-state index in [9.17, 15) is 0 Å². The number of ether oxygens (including phenoxy) is 2. The summed E-state index contributed by atoms with van der Waals surface area (Å²) in [6.07, 6.45) is 5.20. The molecule has 0 aromatic heterocycles. The molecule has 0 heterocycles. The Kier molecular flexibility index (Phi) is 3.41. The third-order valence-corrected chi connectivity index (χ3v) is 3.02. The molecule has 0 N–H and O–H groups in total. The molecular formula is C12H16O2S. The van der Waals surface area contributed by atoms with Gasteiger partial charge in [-0.3, -0.25) is 0 Å². The molecular weight excluding hydrogens is 208 g/mol. The Morgan fingerprint density at radius 3 is 2.60 bits per heavy atom. The zero-order valence-corrected chi connectivity index (χ0v) is 9.80. The first kappa shape index (κ1) is 10.7. The van der Waals surface area contributed by atoms with Gasteiger partial charge in [-0.25, -0.2) is 0 Å². The Balaban J connectivity index is 2.14. The van der Waals surface area contributed by atoms with Crippen molar-refractivity contribution >= 4 is 12.6 Å². The summed E-state index contributed by atoms with van der Waals surface area (Å²) in [6.45, 7) is 0. The summed E-state index contributed by atoms with van der Waals surface area (Å²) in [6, 6.07) is 5.72. The largest absolute Gasteiger partial charge is 0.493 e. The van der Waals surface area contributed by atoms with E-state index in [0.29, 0.717) is 6.10 Å². The zero-order chi connectivity index (χ0) is 10.7. The standard InChI is InChI=1S/C12H16O2S/c1-13-11-7-6-10(15)8-12(11)14-9-4-2-3-5-9/h6-9,15H,2-5H2,1H3. The monoisotopic (exact) mass is 224 g/mol. The third-order valence-electron chi connectivity index (χ3n) is 2.74. The van der Waals surface area contributed by atoms with Crippen LogP contribution in [0.25, 0.3) is 0 Å². The van der Waals surface area contributed by atoms with Gasteiger partial charge in [0.2, 0.25) is 0 Å². The molecule has 0 unspecified atom stereocenters. The van der Waals surface area contributed by atoms with Crippen molar-refractivity contribution in [2.75, 3.05) is 7.11 Å². The maximum Gasteiger partial charge on any atom is 0.162 e.